The first-order valence-corrected chi connectivity index (χ1v) is 8.34. The van der Waals surface area contributed by atoms with Crippen molar-refractivity contribution >= 4 is 29.2 Å². The van der Waals surface area contributed by atoms with Crippen LogP contribution in [0.3, 0.4) is 0 Å². The highest BCUT2D eigenvalue weighted by Gasteiger charge is 2.14. The summed E-state index contributed by atoms with van der Waals surface area (Å²) in [5.74, 6) is -0.165. The van der Waals surface area contributed by atoms with Crippen LogP contribution in [0, 0.1) is 0 Å². The average Bonchev–Trinajstić information content (AvgIpc) is 2.59. The van der Waals surface area contributed by atoms with Gasteiger partial charge in [-0.05, 0) is 50.2 Å². The summed E-state index contributed by atoms with van der Waals surface area (Å²) in [6, 6.07) is 11.4. The van der Waals surface area contributed by atoms with Crippen LogP contribution in [0.2, 0.25) is 5.02 Å². The number of ether oxygens (including phenoxy) is 3. The van der Waals surface area contributed by atoms with Gasteiger partial charge in [0.05, 0.1) is 18.8 Å². The molecular weight excluding hydrogens is 358 g/mol. The number of amides is 1. The van der Waals surface area contributed by atoms with E-state index in [0.29, 0.717) is 22.2 Å². The quantitative estimate of drug-likeness (QED) is 0.740. The Morgan fingerprint density at radius 3 is 2.54 bits per heavy atom. The van der Waals surface area contributed by atoms with E-state index in [4.69, 9.17) is 25.8 Å². The van der Waals surface area contributed by atoms with Gasteiger partial charge in [-0.3, -0.25) is 4.79 Å². The minimum Gasteiger partial charge on any atom is -0.493 e. The number of anilines is 1. The second-order valence-electron chi connectivity index (χ2n) is 5.67. The zero-order valence-electron chi connectivity index (χ0n) is 14.7. The third-order valence-electron chi connectivity index (χ3n) is 3.20. The van der Waals surface area contributed by atoms with Gasteiger partial charge < -0.3 is 19.5 Å². The third kappa shape index (κ3) is 5.67. The van der Waals surface area contributed by atoms with Crippen molar-refractivity contribution < 1.29 is 23.8 Å². The topological polar surface area (TPSA) is 73.9 Å². The highest BCUT2D eigenvalue weighted by atomic mass is 35.5. The van der Waals surface area contributed by atoms with Crippen LogP contribution in [0.4, 0.5) is 5.69 Å². The molecule has 0 atom stereocenters. The summed E-state index contributed by atoms with van der Waals surface area (Å²) in [6.45, 7) is 3.36. The fraction of sp³-hybridized carbons (Fsp3) is 0.263. The first kappa shape index (κ1) is 19.6. The van der Waals surface area contributed by atoms with E-state index >= 15 is 0 Å². The molecule has 0 aliphatic carbocycles. The normalized spacial score (nSPS) is 10.3. The monoisotopic (exact) mass is 377 g/mol. The molecule has 138 valence electrons. The second kappa shape index (κ2) is 9.10. The molecule has 26 heavy (non-hydrogen) atoms. The van der Waals surface area contributed by atoms with E-state index in [0.717, 1.165) is 0 Å². The molecule has 0 saturated heterocycles. The van der Waals surface area contributed by atoms with Gasteiger partial charge in [-0.2, -0.15) is 0 Å². The van der Waals surface area contributed by atoms with Gasteiger partial charge in [-0.25, -0.2) is 4.79 Å². The van der Waals surface area contributed by atoms with Crippen LogP contribution >= 0.6 is 11.6 Å². The van der Waals surface area contributed by atoms with E-state index in [1.54, 1.807) is 36.4 Å². The van der Waals surface area contributed by atoms with Crippen LogP contribution in [-0.4, -0.2) is 31.7 Å². The number of halogens is 1. The summed E-state index contributed by atoms with van der Waals surface area (Å²) < 4.78 is 15.9. The molecule has 0 bridgehead atoms. The first-order chi connectivity index (χ1) is 12.4. The lowest BCUT2D eigenvalue weighted by atomic mass is 10.2. The van der Waals surface area contributed by atoms with Gasteiger partial charge in [0.1, 0.15) is 0 Å². The van der Waals surface area contributed by atoms with Crippen molar-refractivity contribution in [2.45, 2.75) is 20.0 Å². The summed E-state index contributed by atoms with van der Waals surface area (Å²) in [5.41, 5.74) is 0.781. The summed E-state index contributed by atoms with van der Waals surface area (Å²) in [5, 5.41) is 3.09. The van der Waals surface area contributed by atoms with Gasteiger partial charge in [0.25, 0.3) is 5.91 Å². The number of carbonyl (C=O) groups excluding carboxylic acids is 2. The molecule has 0 aromatic heterocycles. The molecule has 0 saturated carbocycles. The minimum absolute atomic E-state index is 0.0307. The van der Waals surface area contributed by atoms with Crippen LogP contribution in [0.15, 0.2) is 42.5 Å². The Labute approximate surface area is 157 Å². The zero-order valence-corrected chi connectivity index (χ0v) is 15.5. The van der Waals surface area contributed by atoms with Crippen molar-refractivity contribution in [1.29, 1.82) is 0 Å². The number of esters is 1. The molecule has 0 unspecified atom stereocenters. The fourth-order valence-electron chi connectivity index (χ4n) is 2.12. The lowest BCUT2D eigenvalue weighted by molar-refractivity contribution is -0.119. The summed E-state index contributed by atoms with van der Waals surface area (Å²) in [6.07, 6.45) is -0.0307. The van der Waals surface area contributed by atoms with E-state index in [2.05, 4.69) is 5.32 Å². The van der Waals surface area contributed by atoms with Crippen LogP contribution in [0.1, 0.15) is 24.2 Å². The number of hydrogen-bond donors (Lipinski definition) is 1. The SMILES string of the molecule is COc1cc(C(=O)OCC(=O)Nc2cccc(Cl)c2)ccc1OC(C)C. The van der Waals surface area contributed by atoms with Crippen molar-refractivity contribution in [2.75, 3.05) is 19.0 Å². The van der Waals surface area contributed by atoms with Crippen molar-refractivity contribution in [1.82, 2.24) is 0 Å². The van der Waals surface area contributed by atoms with Gasteiger partial charge >= 0.3 is 5.97 Å². The maximum absolute atomic E-state index is 12.1. The van der Waals surface area contributed by atoms with Crippen LogP contribution in [-0.2, 0) is 9.53 Å². The number of methoxy groups -OCH3 is 1. The van der Waals surface area contributed by atoms with E-state index in [1.807, 2.05) is 13.8 Å². The van der Waals surface area contributed by atoms with E-state index in [1.165, 1.54) is 13.2 Å². The molecule has 0 aliphatic rings. The predicted octanol–water partition coefficient (Wildman–Crippen LogP) is 3.93. The molecule has 0 spiro atoms. The Morgan fingerprint density at radius 1 is 1.12 bits per heavy atom. The second-order valence-corrected chi connectivity index (χ2v) is 6.10. The van der Waals surface area contributed by atoms with Gasteiger partial charge in [-0.1, -0.05) is 17.7 Å². The minimum atomic E-state index is -0.638. The molecule has 0 heterocycles. The lowest BCUT2D eigenvalue weighted by Gasteiger charge is -2.14. The summed E-state index contributed by atoms with van der Waals surface area (Å²) in [4.78, 5) is 24.0. The predicted molar refractivity (Wildman–Crippen MR) is 99.1 cm³/mol. The standard InChI is InChI=1S/C19H20ClNO5/c1-12(2)26-16-8-7-13(9-17(16)24-3)19(23)25-11-18(22)21-15-6-4-5-14(20)10-15/h4-10,12H,11H2,1-3H3,(H,21,22). The smallest absolute Gasteiger partial charge is 0.338 e. The molecule has 7 heteroatoms. The van der Waals surface area contributed by atoms with Crippen LogP contribution in [0.25, 0.3) is 0 Å². The third-order valence-corrected chi connectivity index (χ3v) is 3.44. The Bertz CT molecular complexity index is 791. The van der Waals surface area contributed by atoms with Crippen molar-refractivity contribution in [3.05, 3.63) is 53.1 Å². The molecule has 2 aromatic carbocycles. The summed E-state index contributed by atoms with van der Waals surface area (Å²) in [7, 11) is 1.48. The highest BCUT2D eigenvalue weighted by molar-refractivity contribution is 6.30. The summed E-state index contributed by atoms with van der Waals surface area (Å²) >= 11 is 5.85. The molecule has 0 radical (unpaired) electrons. The molecule has 2 rings (SSSR count). The number of carbonyl (C=O) groups is 2. The number of rotatable bonds is 7. The van der Waals surface area contributed by atoms with E-state index in [9.17, 15) is 9.59 Å². The molecule has 2 aromatic rings. The van der Waals surface area contributed by atoms with E-state index in [-0.39, 0.29) is 11.7 Å². The number of hydrogen-bond acceptors (Lipinski definition) is 5. The van der Waals surface area contributed by atoms with Gasteiger partial charge in [0.2, 0.25) is 0 Å². The van der Waals surface area contributed by atoms with Crippen molar-refractivity contribution in [3.63, 3.8) is 0 Å². The first-order valence-electron chi connectivity index (χ1n) is 7.96. The molecule has 1 N–H and O–H groups in total. The molecule has 1 amide bonds. The number of nitrogens with one attached hydrogen (secondary N) is 1. The molecule has 6 nitrogen and oxygen atoms in total. The molecule has 0 fully saturated rings. The maximum atomic E-state index is 12.1. The molecular formula is C19H20ClNO5. The fourth-order valence-corrected chi connectivity index (χ4v) is 2.31. The van der Waals surface area contributed by atoms with Gasteiger partial charge in [0.15, 0.2) is 18.1 Å². The Kier molecular flexibility index (Phi) is 6.86. The highest BCUT2D eigenvalue weighted by Crippen LogP contribution is 2.29. The number of benzene rings is 2. The Balaban J connectivity index is 1.95. The van der Waals surface area contributed by atoms with Crippen molar-refractivity contribution in [3.8, 4) is 11.5 Å². The largest absolute Gasteiger partial charge is 0.493 e. The van der Waals surface area contributed by atoms with Gasteiger partial charge in [-0.15, -0.1) is 0 Å². The Morgan fingerprint density at radius 2 is 1.88 bits per heavy atom. The zero-order chi connectivity index (χ0) is 19.1. The van der Waals surface area contributed by atoms with Gasteiger partial charge in [0, 0.05) is 10.7 Å². The molecule has 0 aliphatic heterocycles. The maximum Gasteiger partial charge on any atom is 0.338 e. The lowest BCUT2D eigenvalue weighted by Crippen LogP contribution is -2.21. The Hall–Kier alpha value is -2.73. The average molecular weight is 378 g/mol. The van der Waals surface area contributed by atoms with Crippen molar-refractivity contribution in [2.24, 2.45) is 0 Å². The van der Waals surface area contributed by atoms with Crippen LogP contribution < -0.4 is 14.8 Å². The van der Waals surface area contributed by atoms with Crippen LogP contribution in [0.5, 0.6) is 11.5 Å². The van der Waals surface area contributed by atoms with E-state index < -0.39 is 18.5 Å².